The van der Waals surface area contributed by atoms with Crippen LogP contribution in [-0.2, 0) is 0 Å². The molecule has 0 atom stereocenters. The Hall–Kier alpha value is -6.90. The zero-order valence-electron chi connectivity index (χ0n) is 33.0. The average molecular weight is 734 g/mol. The summed E-state index contributed by atoms with van der Waals surface area (Å²) in [5, 5.41) is 8.76. The summed E-state index contributed by atoms with van der Waals surface area (Å²) in [5.41, 5.74) is 16.5. The van der Waals surface area contributed by atoms with Gasteiger partial charge >= 0.3 is 0 Å². The molecule has 2 nitrogen and oxygen atoms in total. The maximum Gasteiger partial charge on any atom is 0.142 e. The van der Waals surface area contributed by atoms with Crippen LogP contribution in [0.4, 0.5) is 17.1 Å². The summed E-state index contributed by atoms with van der Waals surface area (Å²) in [6.07, 6.45) is 0. The highest BCUT2D eigenvalue weighted by Gasteiger charge is 2.18. The summed E-state index contributed by atoms with van der Waals surface area (Å²) in [5.74, 6) is 0.965. The summed E-state index contributed by atoms with van der Waals surface area (Å²) in [4.78, 5) is 2.38. The van der Waals surface area contributed by atoms with Gasteiger partial charge in [0.05, 0.1) is 0 Å². The van der Waals surface area contributed by atoms with Crippen LogP contribution in [0.1, 0.15) is 28.0 Å². The Bertz CT molecular complexity index is 3130. The molecule has 0 bridgehead atoms. The lowest BCUT2D eigenvalue weighted by molar-refractivity contribution is 0.576. The second kappa shape index (κ2) is 13.7. The predicted molar refractivity (Wildman–Crippen MR) is 243 cm³/mol. The lowest BCUT2D eigenvalue weighted by atomic mass is 9.92. The van der Waals surface area contributed by atoms with Gasteiger partial charge in [0.1, 0.15) is 11.3 Å². The minimum absolute atomic E-state index is 0.943. The van der Waals surface area contributed by atoms with Crippen LogP contribution in [0.15, 0.2) is 174 Å². The highest BCUT2D eigenvalue weighted by molar-refractivity contribution is 6.25. The molecule has 0 amide bonds. The second-order valence-corrected chi connectivity index (χ2v) is 15.6. The number of fused-ring (bicyclic) bond motifs is 7. The van der Waals surface area contributed by atoms with Gasteiger partial charge in [-0.05, 0) is 154 Å². The van der Waals surface area contributed by atoms with Crippen LogP contribution in [0, 0.1) is 34.6 Å². The molecule has 0 radical (unpaired) electrons. The fraction of sp³-hybridized carbons (Fsp3) is 0.0909. The third-order valence-corrected chi connectivity index (χ3v) is 12.0. The Morgan fingerprint density at radius 3 is 1.51 bits per heavy atom. The van der Waals surface area contributed by atoms with Gasteiger partial charge in [0, 0.05) is 28.0 Å². The first-order valence-corrected chi connectivity index (χ1v) is 19.8. The third kappa shape index (κ3) is 5.88. The van der Waals surface area contributed by atoms with Crippen molar-refractivity contribution in [2.45, 2.75) is 34.6 Å². The largest absolute Gasteiger partial charge is 0.460 e. The molecule has 0 aliphatic carbocycles. The van der Waals surface area contributed by atoms with Crippen molar-refractivity contribution < 1.29 is 4.42 Å². The molecule has 57 heavy (non-hydrogen) atoms. The molecule has 0 spiro atoms. The predicted octanol–water partition coefficient (Wildman–Crippen LogP) is 15.9. The minimum atomic E-state index is 0.943. The van der Waals surface area contributed by atoms with Crippen molar-refractivity contribution in [1.82, 2.24) is 0 Å². The number of aryl methyl sites for hydroxylation is 5. The van der Waals surface area contributed by atoms with Crippen molar-refractivity contribution in [1.29, 1.82) is 0 Å². The van der Waals surface area contributed by atoms with Gasteiger partial charge in [-0.3, -0.25) is 0 Å². The van der Waals surface area contributed by atoms with E-state index in [0.717, 1.165) is 39.5 Å². The molecule has 9 aromatic carbocycles. The van der Waals surface area contributed by atoms with Crippen molar-refractivity contribution in [3.63, 3.8) is 0 Å². The first-order valence-electron chi connectivity index (χ1n) is 19.8. The Labute approximate surface area is 334 Å². The monoisotopic (exact) mass is 733 g/mol. The van der Waals surface area contributed by atoms with E-state index in [1.54, 1.807) is 0 Å². The second-order valence-electron chi connectivity index (χ2n) is 15.6. The van der Waals surface area contributed by atoms with E-state index in [4.69, 9.17) is 4.42 Å². The molecule has 0 fully saturated rings. The number of hydrogen-bond donors (Lipinski definition) is 0. The number of hydrogen-bond acceptors (Lipinski definition) is 2. The van der Waals surface area contributed by atoms with Crippen LogP contribution < -0.4 is 4.90 Å². The van der Waals surface area contributed by atoms with Crippen LogP contribution in [0.2, 0.25) is 0 Å². The van der Waals surface area contributed by atoms with Crippen LogP contribution >= 0.6 is 0 Å². The van der Waals surface area contributed by atoms with E-state index in [2.05, 4.69) is 202 Å². The smallest absolute Gasteiger partial charge is 0.142 e. The van der Waals surface area contributed by atoms with E-state index in [1.807, 2.05) is 6.92 Å². The fourth-order valence-electron chi connectivity index (χ4n) is 8.78. The topological polar surface area (TPSA) is 16.4 Å². The summed E-state index contributed by atoms with van der Waals surface area (Å²) < 4.78 is 6.29. The number of nitrogens with zero attached hydrogens (tertiary/aromatic N) is 1. The number of para-hydroxylation sites is 1. The highest BCUT2D eigenvalue weighted by atomic mass is 16.3. The van der Waals surface area contributed by atoms with Crippen molar-refractivity contribution in [2.75, 3.05) is 4.90 Å². The summed E-state index contributed by atoms with van der Waals surface area (Å²) >= 11 is 0. The van der Waals surface area contributed by atoms with E-state index in [9.17, 15) is 0 Å². The SMILES string of the molecule is Cc1ccc(C)c(-c2cc(-c3ccc(N(c4ccc(-c5cccc6c(C)c(C)oc56)cc4)c4ccc5c6ccccc6c6ccccc6c5c4)cc3)ccc2C)c1. The molecular weight excluding hydrogens is 691 g/mol. The van der Waals surface area contributed by atoms with Crippen LogP contribution in [-0.4, -0.2) is 0 Å². The van der Waals surface area contributed by atoms with Crippen LogP contribution in [0.3, 0.4) is 0 Å². The molecule has 1 aromatic heterocycles. The summed E-state index contributed by atoms with van der Waals surface area (Å²) in [6, 6.07) is 62.5. The number of benzene rings is 9. The van der Waals surface area contributed by atoms with Gasteiger partial charge < -0.3 is 9.32 Å². The minimum Gasteiger partial charge on any atom is -0.460 e. The molecule has 0 aliphatic heterocycles. The van der Waals surface area contributed by atoms with E-state index in [1.165, 1.54) is 82.2 Å². The van der Waals surface area contributed by atoms with E-state index in [0.29, 0.717) is 0 Å². The highest BCUT2D eigenvalue weighted by Crippen LogP contribution is 2.43. The van der Waals surface area contributed by atoms with Gasteiger partial charge in [-0.2, -0.15) is 0 Å². The molecule has 0 saturated heterocycles. The Morgan fingerprint density at radius 2 is 0.860 bits per heavy atom. The fourth-order valence-corrected chi connectivity index (χ4v) is 8.78. The normalized spacial score (nSPS) is 11.6. The molecule has 10 rings (SSSR count). The van der Waals surface area contributed by atoms with Gasteiger partial charge in [0.15, 0.2) is 0 Å². The molecular formula is C55H43NO. The average Bonchev–Trinajstić information content (AvgIpc) is 3.55. The summed E-state index contributed by atoms with van der Waals surface area (Å²) in [7, 11) is 0. The maximum absolute atomic E-state index is 6.29. The first-order chi connectivity index (χ1) is 27.8. The van der Waals surface area contributed by atoms with Crippen LogP contribution in [0.25, 0.3) is 76.7 Å². The number of furan rings is 1. The Balaban J connectivity index is 1.11. The lowest BCUT2D eigenvalue weighted by Crippen LogP contribution is -2.10. The zero-order valence-corrected chi connectivity index (χ0v) is 33.0. The van der Waals surface area contributed by atoms with Crippen LogP contribution in [0.5, 0.6) is 0 Å². The Morgan fingerprint density at radius 1 is 0.351 bits per heavy atom. The molecule has 0 aliphatic rings. The molecule has 10 aromatic rings. The maximum atomic E-state index is 6.29. The number of rotatable bonds is 6. The zero-order chi connectivity index (χ0) is 38.8. The van der Waals surface area contributed by atoms with E-state index >= 15 is 0 Å². The van der Waals surface area contributed by atoms with E-state index < -0.39 is 0 Å². The number of anilines is 3. The van der Waals surface area contributed by atoms with Gasteiger partial charge in [-0.25, -0.2) is 0 Å². The molecule has 274 valence electrons. The molecule has 0 N–H and O–H groups in total. The van der Waals surface area contributed by atoms with Crippen molar-refractivity contribution in [2.24, 2.45) is 0 Å². The van der Waals surface area contributed by atoms with E-state index in [-0.39, 0.29) is 0 Å². The quantitative estimate of drug-likeness (QED) is 0.158. The van der Waals surface area contributed by atoms with Gasteiger partial charge in [0.2, 0.25) is 0 Å². The van der Waals surface area contributed by atoms with Gasteiger partial charge in [0.25, 0.3) is 0 Å². The lowest BCUT2D eigenvalue weighted by Gasteiger charge is -2.27. The molecule has 0 saturated carbocycles. The van der Waals surface area contributed by atoms with Crippen molar-refractivity contribution in [3.8, 4) is 33.4 Å². The van der Waals surface area contributed by atoms with Crippen molar-refractivity contribution >= 4 is 60.3 Å². The van der Waals surface area contributed by atoms with Gasteiger partial charge in [-0.15, -0.1) is 0 Å². The third-order valence-electron chi connectivity index (χ3n) is 12.0. The summed E-state index contributed by atoms with van der Waals surface area (Å²) in [6.45, 7) is 10.8. The standard InChI is InChI=1S/C55H43NO/c1-34-17-18-35(2)52(31-34)53-32-41(20-19-36(53)3)39-21-25-42(26-22-39)56(43-27-23-40(24-28-43)46-16-10-15-45-37(4)38(5)57-55(45)46)44-29-30-51-49-13-7-6-11-47(49)48-12-8-9-14-50(48)54(51)33-44/h6-33H,1-5H3. The Kier molecular flexibility index (Phi) is 8.30. The molecule has 0 unspecified atom stereocenters. The molecule has 1 heterocycles. The van der Waals surface area contributed by atoms with Crippen molar-refractivity contribution in [3.05, 3.63) is 198 Å². The van der Waals surface area contributed by atoms with Gasteiger partial charge in [-0.1, -0.05) is 133 Å². The molecule has 2 heteroatoms. The first kappa shape index (κ1) is 34.6.